The number of hydrogen-bond donors (Lipinski definition) is 2. The first-order valence-corrected chi connectivity index (χ1v) is 7.14. The van der Waals surface area contributed by atoms with Gasteiger partial charge in [0.05, 0.1) is 23.6 Å². The normalized spacial score (nSPS) is 16.1. The monoisotopic (exact) mass is 289 g/mol. The number of nitrogens with zero attached hydrogens (tertiary/aromatic N) is 3. The zero-order valence-electron chi connectivity index (χ0n) is 12.2. The molecule has 7 nitrogen and oxygen atoms in total. The van der Waals surface area contributed by atoms with Crippen LogP contribution in [0.4, 0.5) is 5.69 Å². The van der Waals surface area contributed by atoms with Gasteiger partial charge in [0.2, 0.25) is 0 Å². The van der Waals surface area contributed by atoms with Crippen molar-refractivity contribution in [1.82, 2.24) is 20.3 Å². The number of aryl methyl sites for hydroxylation is 2. The van der Waals surface area contributed by atoms with Crippen molar-refractivity contribution in [3.8, 4) is 0 Å². The Morgan fingerprint density at radius 2 is 2.19 bits per heavy atom. The van der Waals surface area contributed by atoms with Crippen LogP contribution in [0.15, 0.2) is 16.9 Å². The molecule has 2 aromatic heterocycles. The number of hydrogen-bond acceptors (Lipinski definition) is 5. The van der Waals surface area contributed by atoms with Crippen molar-refractivity contribution in [2.45, 2.75) is 32.7 Å². The SMILES string of the molecule is Cc1noc(C)c1C(=O)Nc1cnn(C2CCNCC2)c1. The average Bonchev–Trinajstić information content (AvgIpc) is 3.07. The largest absolute Gasteiger partial charge is 0.361 e. The van der Waals surface area contributed by atoms with E-state index in [0.717, 1.165) is 25.9 Å². The topological polar surface area (TPSA) is 85.0 Å². The van der Waals surface area contributed by atoms with Gasteiger partial charge in [-0.3, -0.25) is 9.48 Å². The van der Waals surface area contributed by atoms with Crippen LogP contribution in [0.2, 0.25) is 0 Å². The smallest absolute Gasteiger partial charge is 0.261 e. The third-order valence-corrected chi connectivity index (χ3v) is 3.80. The van der Waals surface area contributed by atoms with Gasteiger partial charge in [-0.2, -0.15) is 5.10 Å². The van der Waals surface area contributed by atoms with Crippen LogP contribution < -0.4 is 10.6 Å². The summed E-state index contributed by atoms with van der Waals surface area (Å²) in [7, 11) is 0. The van der Waals surface area contributed by atoms with Crippen LogP contribution in [0, 0.1) is 13.8 Å². The lowest BCUT2D eigenvalue weighted by Gasteiger charge is -2.22. The van der Waals surface area contributed by atoms with E-state index in [1.165, 1.54) is 0 Å². The second-order valence-electron chi connectivity index (χ2n) is 5.34. The van der Waals surface area contributed by atoms with Gasteiger partial charge in [0.15, 0.2) is 0 Å². The van der Waals surface area contributed by atoms with Gasteiger partial charge >= 0.3 is 0 Å². The van der Waals surface area contributed by atoms with E-state index in [0.29, 0.717) is 28.7 Å². The summed E-state index contributed by atoms with van der Waals surface area (Å²) in [6, 6.07) is 0.399. The van der Waals surface area contributed by atoms with E-state index in [4.69, 9.17) is 4.52 Å². The summed E-state index contributed by atoms with van der Waals surface area (Å²) < 4.78 is 6.95. The molecule has 0 saturated carbocycles. The van der Waals surface area contributed by atoms with Gasteiger partial charge in [0.1, 0.15) is 11.3 Å². The van der Waals surface area contributed by atoms with Crippen molar-refractivity contribution in [3.63, 3.8) is 0 Å². The highest BCUT2D eigenvalue weighted by Crippen LogP contribution is 2.20. The van der Waals surface area contributed by atoms with Crippen molar-refractivity contribution in [3.05, 3.63) is 29.4 Å². The maximum Gasteiger partial charge on any atom is 0.261 e. The van der Waals surface area contributed by atoms with Crippen molar-refractivity contribution in [1.29, 1.82) is 0 Å². The molecule has 3 rings (SSSR count). The number of carbonyl (C=O) groups is 1. The fourth-order valence-corrected chi connectivity index (χ4v) is 2.67. The molecular formula is C14H19N5O2. The average molecular weight is 289 g/mol. The van der Waals surface area contributed by atoms with Crippen LogP contribution >= 0.6 is 0 Å². The lowest BCUT2D eigenvalue weighted by atomic mass is 10.1. The highest BCUT2D eigenvalue weighted by atomic mass is 16.5. The molecule has 1 amide bonds. The molecule has 0 bridgehead atoms. The van der Waals surface area contributed by atoms with Crippen molar-refractivity contribution in [2.75, 3.05) is 18.4 Å². The molecule has 1 fully saturated rings. The number of aromatic nitrogens is 3. The Labute approximate surface area is 122 Å². The molecule has 21 heavy (non-hydrogen) atoms. The van der Waals surface area contributed by atoms with E-state index < -0.39 is 0 Å². The molecule has 2 aromatic rings. The van der Waals surface area contributed by atoms with Gasteiger partial charge in [0, 0.05) is 6.20 Å². The highest BCUT2D eigenvalue weighted by Gasteiger charge is 2.19. The van der Waals surface area contributed by atoms with Crippen LogP contribution in [0.1, 0.15) is 40.7 Å². The van der Waals surface area contributed by atoms with E-state index in [2.05, 4.69) is 20.9 Å². The quantitative estimate of drug-likeness (QED) is 0.897. The Morgan fingerprint density at radius 1 is 1.43 bits per heavy atom. The number of carbonyl (C=O) groups excluding carboxylic acids is 1. The number of rotatable bonds is 3. The zero-order valence-corrected chi connectivity index (χ0v) is 12.2. The molecule has 1 aliphatic rings. The highest BCUT2D eigenvalue weighted by molar-refractivity contribution is 6.05. The molecule has 2 N–H and O–H groups in total. The fraction of sp³-hybridized carbons (Fsp3) is 0.500. The Morgan fingerprint density at radius 3 is 2.86 bits per heavy atom. The predicted molar refractivity (Wildman–Crippen MR) is 77.3 cm³/mol. The third-order valence-electron chi connectivity index (χ3n) is 3.80. The first kappa shape index (κ1) is 13.8. The Balaban J connectivity index is 1.71. The molecule has 7 heteroatoms. The van der Waals surface area contributed by atoms with E-state index in [-0.39, 0.29) is 5.91 Å². The number of amides is 1. The summed E-state index contributed by atoms with van der Waals surface area (Å²) in [6.45, 7) is 5.49. The van der Waals surface area contributed by atoms with E-state index in [1.807, 2.05) is 10.9 Å². The van der Waals surface area contributed by atoms with Gasteiger partial charge in [0.25, 0.3) is 5.91 Å². The minimum Gasteiger partial charge on any atom is -0.361 e. The molecule has 3 heterocycles. The third kappa shape index (κ3) is 2.82. The summed E-state index contributed by atoms with van der Waals surface area (Å²) in [6.07, 6.45) is 5.67. The molecule has 0 aliphatic carbocycles. The number of piperidine rings is 1. The Hall–Kier alpha value is -2.15. The molecule has 112 valence electrons. The van der Waals surface area contributed by atoms with E-state index >= 15 is 0 Å². The molecule has 0 spiro atoms. The maximum absolute atomic E-state index is 12.2. The zero-order chi connectivity index (χ0) is 14.8. The van der Waals surface area contributed by atoms with Gasteiger partial charge < -0.3 is 15.2 Å². The first-order chi connectivity index (χ1) is 10.1. The van der Waals surface area contributed by atoms with Crippen LogP contribution in [-0.2, 0) is 0 Å². The van der Waals surface area contributed by atoms with Crippen LogP contribution in [-0.4, -0.2) is 33.9 Å². The van der Waals surface area contributed by atoms with Crippen molar-refractivity contribution >= 4 is 11.6 Å². The molecule has 1 aliphatic heterocycles. The van der Waals surface area contributed by atoms with Gasteiger partial charge in [-0.15, -0.1) is 0 Å². The molecule has 0 aromatic carbocycles. The summed E-state index contributed by atoms with van der Waals surface area (Å²) in [5.74, 6) is 0.312. The first-order valence-electron chi connectivity index (χ1n) is 7.14. The second-order valence-corrected chi connectivity index (χ2v) is 5.34. The fourth-order valence-electron chi connectivity index (χ4n) is 2.67. The lowest BCUT2D eigenvalue weighted by Crippen LogP contribution is -2.29. The van der Waals surface area contributed by atoms with E-state index in [1.54, 1.807) is 20.0 Å². The minimum atomic E-state index is -0.212. The molecule has 0 atom stereocenters. The summed E-state index contributed by atoms with van der Waals surface area (Å²) in [5.41, 5.74) is 1.78. The van der Waals surface area contributed by atoms with Crippen LogP contribution in [0.3, 0.4) is 0 Å². The van der Waals surface area contributed by atoms with E-state index in [9.17, 15) is 4.79 Å². The van der Waals surface area contributed by atoms with Gasteiger partial charge in [-0.25, -0.2) is 0 Å². The predicted octanol–water partition coefficient (Wildman–Crippen LogP) is 1.66. The summed E-state index contributed by atoms with van der Waals surface area (Å²) >= 11 is 0. The summed E-state index contributed by atoms with van der Waals surface area (Å²) in [4.78, 5) is 12.2. The van der Waals surface area contributed by atoms with Crippen LogP contribution in [0.25, 0.3) is 0 Å². The summed E-state index contributed by atoms with van der Waals surface area (Å²) in [5, 5.41) is 14.3. The van der Waals surface area contributed by atoms with Crippen molar-refractivity contribution in [2.24, 2.45) is 0 Å². The lowest BCUT2D eigenvalue weighted by molar-refractivity contribution is 0.102. The van der Waals surface area contributed by atoms with Gasteiger partial charge in [-0.1, -0.05) is 5.16 Å². The Kier molecular flexibility index (Phi) is 3.74. The number of nitrogens with one attached hydrogen (secondary N) is 2. The molecule has 0 radical (unpaired) electrons. The standard InChI is InChI=1S/C14H19N5O2/c1-9-13(10(2)21-18-9)14(20)17-11-7-16-19(8-11)12-3-5-15-6-4-12/h7-8,12,15H,3-6H2,1-2H3,(H,17,20). The van der Waals surface area contributed by atoms with Gasteiger partial charge in [-0.05, 0) is 39.8 Å². The molecule has 1 saturated heterocycles. The second kappa shape index (κ2) is 5.69. The molecular weight excluding hydrogens is 270 g/mol. The minimum absolute atomic E-state index is 0.212. The Bertz CT molecular complexity index is 620. The van der Waals surface area contributed by atoms with Crippen LogP contribution in [0.5, 0.6) is 0 Å². The maximum atomic E-state index is 12.2. The number of anilines is 1. The molecule has 0 unspecified atom stereocenters. The van der Waals surface area contributed by atoms with Crippen molar-refractivity contribution < 1.29 is 9.32 Å².